The van der Waals surface area contributed by atoms with E-state index < -0.39 is 0 Å². The fourth-order valence-corrected chi connectivity index (χ4v) is 2.40. The second-order valence-corrected chi connectivity index (χ2v) is 4.89. The number of aromatic nitrogens is 2. The topological polar surface area (TPSA) is 65.4 Å². The number of aryl methyl sites for hydroxylation is 1. The summed E-state index contributed by atoms with van der Waals surface area (Å²) in [7, 11) is 1.89. The molecule has 22 heavy (non-hydrogen) atoms. The van der Waals surface area contributed by atoms with E-state index in [1.165, 1.54) is 0 Å². The van der Waals surface area contributed by atoms with Gasteiger partial charge in [-0.15, -0.1) is 0 Å². The van der Waals surface area contributed by atoms with Crippen molar-refractivity contribution in [1.29, 1.82) is 10.5 Å². The van der Waals surface area contributed by atoms with Crippen LogP contribution in [-0.4, -0.2) is 9.55 Å². The first-order valence-corrected chi connectivity index (χ1v) is 6.76. The van der Waals surface area contributed by atoms with Crippen molar-refractivity contribution >= 4 is 22.7 Å². The lowest BCUT2D eigenvalue weighted by molar-refractivity contribution is 0.925. The average molecular weight is 284 g/mol. The maximum Gasteiger partial charge on any atom is 0.151 e. The molecule has 3 aromatic rings. The van der Waals surface area contributed by atoms with Crippen LogP contribution in [0.15, 0.2) is 48.5 Å². The molecule has 0 aliphatic heterocycles. The van der Waals surface area contributed by atoms with Gasteiger partial charge in [0.25, 0.3) is 0 Å². The third-order valence-corrected chi connectivity index (χ3v) is 3.48. The number of fused-ring (bicyclic) bond motifs is 1. The molecule has 0 aliphatic carbocycles. The Morgan fingerprint density at radius 2 is 1.95 bits per heavy atom. The third-order valence-electron chi connectivity index (χ3n) is 3.48. The van der Waals surface area contributed by atoms with Gasteiger partial charge in [-0.25, -0.2) is 4.98 Å². The van der Waals surface area contributed by atoms with Crippen molar-refractivity contribution in [3.05, 3.63) is 65.5 Å². The summed E-state index contributed by atoms with van der Waals surface area (Å²) < 4.78 is 1.90. The highest BCUT2D eigenvalue weighted by atomic mass is 15.1. The van der Waals surface area contributed by atoms with Crippen LogP contribution in [0.25, 0.3) is 22.7 Å². The first-order valence-electron chi connectivity index (χ1n) is 6.76. The zero-order chi connectivity index (χ0) is 15.5. The smallest absolute Gasteiger partial charge is 0.151 e. The lowest BCUT2D eigenvalue weighted by Crippen LogP contribution is -1.96. The maximum absolute atomic E-state index is 9.48. The first-order chi connectivity index (χ1) is 10.7. The molecule has 0 radical (unpaired) electrons. The number of allylic oxidation sites excluding steroid dienone is 1. The molecule has 0 N–H and O–H groups in total. The Morgan fingerprint density at radius 3 is 2.68 bits per heavy atom. The molecule has 0 saturated carbocycles. The molecular weight excluding hydrogens is 272 g/mol. The molecule has 4 nitrogen and oxygen atoms in total. The summed E-state index contributed by atoms with van der Waals surface area (Å²) in [6.45, 7) is 0. The highest BCUT2D eigenvalue weighted by Crippen LogP contribution is 2.22. The van der Waals surface area contributed by atoms with E-state index in [9.17, 15) is 5.26 Å². The Labute approximate surface area is 128 Å². The molecule has 1 aromatic heterocycles. The predicted octanol–water partition coefficient (Wildman–Crippen LogP) is 3.51. The van der Waals surface area contributed by atoms with E-state index in [1.807, 2.05) is 41.9 Å². The van der Waals surface area contributed by atoms with E-state index in [-0.39, 0.29) is 0 Å². The maximum atomic E-state index is 9.48. The van der Waals surface area contributed by atoms with Crippen molar-refractivity contribution in [2.45, 2.75) is 0 Å². The summed E-state index contributed by atoms with van der Waals surface area (Å²) in [5, 5.41) is 18.4. The molecule has 2 aromatic carbocycles. The minimum Gasteiger partial charge on any atom is -0.327 e. The molecule has 3 rings (SSSR count). The number of nitriles is 2. The Bertz CT molecular complexity index is 965. The van der Waals surface area contributed by atoms with Crippen LogP contribution >= 0.6 is 0 Å². The van der Waals surface area contributed by atoms with Gasteiger partial charge in [0.15, 0.2) is 5.82 Å². The Kier molecular flexibility index (Phi) is 3.43. The van der Waals surface area contributed by atoms with Gasteiger partial charge in [-0.05, 0) is 35.9 Å². The number of para-hydroxylation sites is 2. The lowest BCUT2D eigenvalue weighted by atomic mass is 10.1. The summed E-state index contributed by atoms with van der Waals surface area (Å²) in [5.74, 6) is 0.617. The molecule has 0 bridgehead atoms. The van der Waals surface area contributed by atoms with Crippen molar-refractivity contribution in [3.8, 4) is 12.1 Å². The molecule has 104 valence electrons. The highest BCUT2D eigenvalue weighted by molar-refractivity contribution is 5.90. The minimum absolute atomic E-state index is 0.466. The van der Waals surface area contributed by atoms with Gasteiger partial charge in [0.05, 0.1) is 28.2 Å². The number of imidazole rings is 1. The van der Waals surface area contributed by atoms with Gasteiger partial charge in [-0.1, -0.05) is 24.3 Å². The highest BCUT2D eigenvalue weighted by Gasteiger charge is 2.11. The molecule has 0 atom stereocenters. The molecule has 0 unspecified atom stereocenters. The van der Waals surface area contributed by atoms with E-state index in [0.29, 0.717) is 17.0 Å². The average Bonchev–Trinajstić information content (AvgIpc) is 2.90. The van der Waals surface area contributed by atoms with E-state index in [0.717, 1.165) is 16.6 Å². The van der Waals surface area contributed by atoms with Crippen molar-refractivity contribution < 1.29 is 0 Å². The third kappa shape index (κ3) is 2.34. The van der Waals surface area contributed by atoms with E-state index >= 15 is 0 Å². The van der Waals surface area contributed by atoms with Crippen LogP contribution in [0.5, 0.6) is 0 Å². The zero-order valence-electron chi connectivity index (χ0n) is 12.0. The number of hydrogen-bond donors (Lipinski definition) is 0. The fourth-order valence-electron chi connectivity index (χ4n) is 2.40. The SMILES string of the molecule is Cn1c(C(C#N)=Cc2cccc(C#N)c2)nc2ccccc21. The van der Waals surface area contributed by atoms with Crippen LogP contribution in [0.3, 0.4) is 0 Å². The van der Waals surface area contributed by atoms with Gasteiger partial charge in [0.1, 0.15) is 6.07 Å². The number of rotatable bonds is 2. The fraction of sp³-hybridized carbons (Fsp3) is 0.0556. The van der Waals surface area contributed by atoms with E-state index in [1.54, 1.807) is 24.3 Å². The zero-order valence-corrected chi connectivity index (χ0v) is 12.0. The molecule has 0 amide bonds. The molecule has 0 saturated heterocycles. The largest absolute Gasteiger partial charge is 0.327 e. The molecule has 1 heterocycles. The lowest BCUT2D eigenvalue weighted by Gasteiger charge is -2.01. The van der Waals surface area contributed by atoms with Gasteiger partial charge in [-0.2, -0.15) is 10.5 Å². The Hall–Kier alpha value is -3.37. The second-order valence-electron chi connectivity index (χ2n) is 4.89. The van der Waals surface area contributed by atoms with E-state index in [4.69, 9.17) is 5.26 Å². The van der Waals surface area contributed by atoms with Crippen LogP contribution in [0.4, 0.5) is 0 Å². The summed E-state index contributed by atoms with van der Waals surface area (Å²) in [6.07, 6.45) is 1.75. The summed E-state index contributed by atoms with van der Waals surface area (Å²) in [5.41, 5.74) is 3.67. The van der Waals surface area contributed by atoms with Crippen molar-refractivity contribution in [1.82, 2.24) is 9.55 Å². The van der Waals surface area contributed by atoms with Crippen molar-refractivity contribution in [2.24, 2.45) is 7.05 Å². The number of benzene rings is 2. The molecule has 0 spiro atoms. The van der Waals surface area contributed by atoms with E-state index in [2.05, 4.69) is 17.1 Å². The minimum atomic E-state index is 0.466. The monoisotopic (exact) mass is 284 g/mol. The van der Waals surface area contributed by atoms with Crippen LogP contribution in [0, 0.1) is 22.7 Å². The van der Waals surface area contributed by atoms with Crippen molar-refractivity contribution in [3.63, 3.8) is 0 Å². The van der Waals surface area contributed by atoms with Gasteiger partial charge in [0.2, 0.25) is 0 Å². The van der Waals surface area contributed by atoms with Crippen LogP contribution in [-0.2, 0) is 7.05 Å². The Balaban J connectivity index is 2.14. The Morgan fingerprint density at radius 1 is 1.14 bits per heavy atom. The summed E-state index contributed by atoms with van der Waals surface area (Å²) in [6, 6.07) is 19.2. The standard InChI is InChI=1S/C18H12N4/c1-22-17-8-3-2-7-16(17)21-18(22)15(12-20)10-13-5-4-6-14(9-13)11-19/h2-10H,1H3. The van der Waals surface area contributed by atoms with Crippen LogP contribution < -0.4 is 0 Å². The summed E-state index contributed by atoms with van der Waals surface area (Å²) >= 11 is 0. The predicted molar refractivity (Wildman–Crippen MR) is 85.4 cm³/mol. The number of nitrogens with zero attached hydrogens (tertiary/aromatic N) is 4. The molecule has 0 fully saturated rings. The van der Waals surface area contributed by atoms with Gasteiger partial charge in [-0.3, -0.25) is 0 Å². The first kappa shape index (κ1) is 13.6. The molecule has 0 aliphatic rings. The number of hydrogen-bond acceptors (Lipinski definition) is 3. The molecule has 4 heteroatoms. The second kappa shape index (κ2) is 5.55. The normalized spacial score (nSPS) is 11.1. The molecular formula is C18H12N4. The van der Waals surface area contributed by atoms with Gasteiger partial charge >= 0.3 is 0 Å². The van der Waals surface area contributed by atoms with Crippen molar-refractivity contribution in [2.75, 3.05) is 0 Å². The van der Waals surface area contributed by atoms with Crippen LogP contribution in [0.2, 0.25) is 0 Å². The van der Waals surface area contributed by atoms with Gasteiger partial charge < -0.3 is 4.57 Å². The quantitative estimate of drug-likeness (QED) is 0.676. The summed E-state index contributed by atoms with van der Waals surface area (Å²) in [4.78, 5) is 4.53. The van der Waals surface area contributed by atoms with Crippen LogP contribution in [0.1, 0.15) is 17.0 Å². The van der Waals surface area contributed by atoms with Gasteiger partial charge in [0, 0.05) is 7.05 Å².